The predicted octanol–water partition coefficient (Wildman–Crippen LogP) is 7.66. The SMILES string of the molecule is C[C@H](NC(=O)CC(F)(F)F)NC(=O)c1ccc(/C=C/C(c2cc(Cl)c(F)c(Cl)c2)C(F)(F)F)cc1C(F)(F)F. The van der Waals surface area contributed by atoms with Crippen LogP contribution in [0.5, 0.6) is 0 Å². The average Bonchev–Trinajstić information content (AvgIpc) is 2.74. The van der Waals surface area contributed by atoms with Crippen molar-refractivity contribution in [1.29, 1.82) is 0 Å². The Morgan fingerprint density at radius 3 is 1.97 bits per heavy atom. The molecule has 0 saturated heterocycles. The van der Waals surface area contributed by atoms with Crippen LogP contribution in [-0.4, -0.2) is 30.3 Å². The van der Waals surface area contributed by atoms with Gasteiger partial charge in [-0.1, -0.05) is 41.4 Å². The van der Waals surface area contributed by atoms with Gasteiger partial charge in [-0.05, 0) is 42.3 Å². The molecular formula is C23H16Cl2F10N2O2. The molecule has 1 unspecified atom stereocenters. The normalized spacial score (nSPS) is 14.3. The quantitative estimate of drug-likeness (QED) is 0.192. The van der Waals surface area contributed by atoms with E-state index in [1.807, 2.05) is 5.32 Å². The molecule has 16 heteroatoms. The third-order valence-corrected chi connectivity index (χ3v) is 5.43. The maximum Gasteiger partial charge on any atom is 0.417 e. The molecule has 2 amide bonds. The van der Waals surface area contributed by atoms with Gasteiger partial charge in [-0.3, -0.25) is 9.59 Å². The zero-order valence-corrected chi connectivity index (χ0v) is 20.8. The van der Waals surface area contributed by atoms with Gasteiger partial charge in [-0.25, -0.2) is 4.39 Å². The van der Waals surface area contributed by atoms with Crippen LogP contribution >= 0.6 is 23.2 Å². The maximum absolute atomic E-state index is 13.7. The number of nitrogens with one attached hydrogen (secondary N) is 2. The third kappa shape index (κ3) is 9.31. The van der Waals surface area contributed by atoms with Crippen LogP contribution in [0, 0.1) is 5.82 Å². The fourth-order valence-corrected chi connectivity index (χ4v) is 3.76. The van der Waals surface area contributed by atoms with Crippen molar-refractivity contribution in [2.75, 3.05) is 0 Å². The smallest absolute Gasteiger partial charge is 0.336 e. The number of benzene rings is 2. The highest BCUT2D eigenvalue weighted by molar-refractivity contribution is 6.35. The summed E-state index contributed by atoms with van der Waals surface area (Å²) < 4.78 is 132. The van der Waals surface area contributed by atoms with Crippen molar-refractivity contribution < 1.29 is 53.5 Å². The monoisotopic (exact) mass is 612 g/mol. The number of alkyl halides is 9. The number of carbonyl (C=O) groups is 2. The molecule has 0 aliphatic rings. The Morgan fingerprint density at radius 2 is 1.49 bits per heavy atom. The van der Waals surface area contributed by atoms with Crippen LogP contribution in [0.1, 0.15) is 46.3 Å². The molecule has 2 aromatic carbocycles. The Labute approximate surface area is 223 Å². The van der Waals surface area contributed by atoms with Gasteiger partial charge >= 0.3 is 18.5 Å². The molecule has 2 rings (SSSR count). The summed E-state index contributed by atoms with van der Waals surface area (Å²) in [5.41, 5.74) is -3.60. The van der Waals surface area contributed by atoms with Gasteiger partial charge < -0.3 is 10.6 Å². The lowest BCUT2D eigenvalue weighted by molar-refractivity contribution is -0.154. The Hall–Kier alpha value is -3.00. The van der Waals surface area contributed by atoms with E-state index in [9.17, 15) is 53.5 Å². The van der Waals surface area contributed by atoms with Crippen molar-refractivity contribution >= 4 is 41.1 Å². The van der Waals surface area contributed by atoms with Gasteiger partial charge in [0.2, 0.25) is 5.91 Å². The van der Waals surface area contributed by atoms with Crippen molar-refractivity contribution in [2.24, 2.45) is 0 Å². The molecule has 0 aromatic heterocycles. The summed E-state index contributed by atoms with van der Waals surface area (Å²) in [6, 6.07) is 3.21. The number of rotatable bonds is 7. The van der Waals surface area contributed by atoms with E-state index in [0.29, 0.717) is 36.4 Å². The predicted molar refractivity (Wildman–Crippen MR) is 121 cm³/mol. The summed E-state index contributed by atoms with van der Waals surface area (Å²) in [5, 5.41) is 2.22. The number of hydrogen-bond donors (Lipinski definition) is 2. The van der Waals surface area contributed by atoms with Crippen LogP contribution < -0.4 is 10.6 Å². The van der Waals surface area contributed by atoms with E-state index >= 15 is 0 Å². The molecule has 0 radical (unpaired) electrons. The summed E-state index contributed by atoms with van der Waals surface area (Å²) in [4.78, 5) is 23.7. The Bertz CT molecular complexity index is 1230. The summed E-state index contributed by atoms with van der Waals surface area (Å²) in [5.74, 6) is -6.59. The summed E-state index contributed by atoms with van der Waals surface area (Å²) in [6.07, 6.45) is -17.3. The van der Waals surface area contributed by atoms with E-state index in [1.54, 1.807) is 5.32 Å². The molecule has 214 valence electrons. The minimum absolute atomic E-state index is 0.371. The highest BCUT2D eigenvalue weighted by atomic mass is 35.5. The average molecular weight is 613 g/mol. The van der Waals surface area contributed by atoms with E-state index in [0.717, 1.165) is 13.0 Å². The fourth-order valence-electron chi connectivity index (χ4n) is 3.25. The van der Waals surface area contributed by atoms with Gasteiger partial charge in [0.25, 0.3) is 5.91 Å². The molecule has 2 aromatic rings. The van der Waals surface area contributed by atoms with Crippen LogP contribution in [0.25, 0.3) is 6.08 Å². The first-order valence-electron chi connectivity index (χ1n) is 10.5. The topological polar surface area (TPSA) is 58.2 Å². The van der Waals surface area contributed by atoms with Crippen LogP contribution in [0.15, 0.2) is 36.4 Å². The second-order valence-corrected chi connectivity index (χ2v) is 8.85. The molecule has 0 saturated carbocycles. The Morgan fingerprint density at radius 1 is 0.923 bits per heavy atom. The van der Waals surface area contributed by atoms with Crippen molar-refractivity contribution in [3.05, 3.63) is 74.5 Å². The number of amides is 2. The van der Waals surface area contributed by atoms with Crippen LogP contribution in [0.2, 0.25) is 10.0 Å². The lowest BCUT2D eigenvalue weighted by atomic mass is 9.96. The zero-order valence-electron chi connectivity index (χ0n) is 19.3. The van der Waals surface area contributed by atoms with E-state index in [2.05, 4.69) is 0 Å². The second-order valence-electron chi connectivity index (χ2n) is 8.03. The largest absolute Gasteiger partial charge is 0.417 e. The van der Waals surface area contributed by atoms with Gasteiger partial charge in [0.05, 0.1) is 33.3 Å². The van der Waals surface area contributed by atoms with Gasteiger partial charge in [0.15, 0.2) is 5.82 Å². The molecule has 0 aliphatic heterocycles. The lowest BCUT2D eigenvalue weighted by Crippen LogP contribution is -2.47. The first-order chi connectivity index (χ1) is 17.7. The number of hydrogen-bond acceptors (Lipinski definition) is 2. The highest BCUT2D eigenvalue weighted by Gasteiger charge is 2.40. The molecule has 2 atom stereocenters. The molecule has 4 nitrogen and oxygen atoms in total. The molecule has 0 aliphatic carbocycles. The van der Waals surface area contributed by atoms with Crippen LogP contribution in [0.4, 0.5) is 43.9 Å². The first kappa shape index (κ1) is 32.2. The van der Waals surface area contributed by atoms with Gasteiger partial charge in [-0.15, -0.1) is 0 Å². The Balaban J connectivity index is 2.36. The van der Waals surface area contributed by atoms with Crippen LogP contribution in [0.3, 0.4) is 0 Å². The van der Waals surface area contributed by atoms with Gasteiger partial charge in [-0.2, -0.15) is 39.5 Å². The molecular weight excluding hydrogens is 597 g/mol. The van der Waals surface area contributed by atoms with E-state index < -0.39 is 87.0 Å². The molecule has 0 fully saturated rings. The molecule has 0 heterocycles. The highest BCUT2D eigenvalue weighted by Crippen LogP contribution is 2.40. The van der Waals surface area contributed by atoms with Crippen molar-refractivity contribution in [2.45, 2.75) is 44.0 Å². The minimum atomic E-state index is -5.18. The summed E-state index contributed by atoms with van der Waals surface area (Å²) in [6.45, 7) is 1.00. The Kier molecular flexibility index (Phi) is 9.93. The van der Waals surface area contributed by atoms with Gasteiger partial charge in [0.1, 0.15) is 6.42 Å². The third-order valence-electron chi connectivity index (χ3n) is 4.88. The standard InChI is InChI=1S/C23H16Cl2F10N2O2/c1-10(36-18(38)9-21(27,28)29)37-20(39)13-4-2-11(6-15(13)23(33,34)35)3-5-14(22(30,31)32)12-7-16(24)19(26)17(25)8-12/h2-8,10,14H,9H2,1H3,(H,36,38)(H,37,39)/b5-3+/t10-,14?/m1/s1. The summed E-state index contributed by atoms with van der Waals surface area (Å²) in [7, 11) is 0. The number of allylic oxidation sites excluding steroid dienone is 1. The number of halogens is 12. The zero-order chi connectivity index (χ0) is 29.9. The van der Waals surface area contributed by atoms with E-state index in [1.165, 1.54) is 0 Å². The first-order valence-corrected chi connectivity index (χ1v) is 11.2. The van der Waals surface area contributed by atoms with Crippen molar-refractivity contribution in [3.8, 4) is 0 Å². The lowest BCUT2D eigenvalue weighted by Gasteiger charge is -2.19. The van der Waals surface area contributed by atoms with Gasteiger partial charge in [0, 0.05) is 0 Å². The number of carbonyl (C=O) groups excluding carboxylic acids is 2. The molecule has 0 bridgehead atoms. The van der Waals surface area contributed by atoms with E-state index in [4.69, 9.17) is 23.2 Å². The minimum Gasteiger partial charge on any atom is -0.336 e. The summed E-state index contributed by atoms with van der Waals surface area (Å²) >= 11 is 11.1. The molecule has 39 heavy (non-hydrogen) atoms. The van der Waals surface area contributed by atoms with Crippen molar-refractivity contribution in [3.63, 3.8) is 0 Å². The second kappa shape index (κ2) is 12.0. The molecule has 2 N–H and O–H groups in total. The molecule has 0 spiro atoms. The van der Waals surface area contributed by atoms with E-state index in [-0.39, 0.29) is 0 Å². The van der Waals surface area contributed by atoms with Crippen molar-refractivity contribution in [1.82, 2.24) is 10.6 Å². The van der Waals surface area contributed by atoms with Crippen LogP contribution in [-0.2, 0) is 11.0 Å². The maximum atomic E-state index is 13.7. The fraction of sp³-hybridized carbons (Fsp3) is 0.304.